The molecule has 0 radical (unpaired) electrons. The number of hydrogen-bond donors (Lipinski definition) is 0. The molecule has 0 heterocycles. The van der Waals surface area contributed by atoms with Crippen LogP contribution in [0.1, 0.15) is 13.8 Å². The molecule has 0 N–H and O–H groups in total. The molecule has 0 nitrogen and oxygen atoms in total. The number of hydrogen-bond acceptors (Lipinski definition) is 0. The summed E-state index contributed by atoms with van der Waals surface area (Å²) >= 11 is 0. The van der Waals surface area contributed by atoms with E-state index in [0.29, 0.717) is 0 Å². The van der Waals surface area contributed by atoms with Gasteiger partial charge in [-0.25, -0.2) is 0 Å². The van der Waals surface area contributed by atoms with Gasteiger partial charge in [0.2, 0.25) is 0 Å². The lowest BCUT2D eigenvalue weighted by Crippen LogP contribution is -1.40. The van der Waals surface area contributed by atoms with E-state index in [4.69, 9.17) is 0 Å². The van der Waals surface area contributed by atoms with Gasteiger partial charge in [0.15, 0.2) is 0 Å². The fraction of sp³-hybridized carbons (Fsp3) is 0.222. The summed E-state index contributed by atoms with van der Waals surface area (Å²) in [6.45, 7) is 10.2. The van der Waals surface area contributed by atoms with Crippen LogP contribution in [0.3, 0.4) is 0 Å². The summed E-state index contributed by atoms with van der Waals surface area (Å²) in [5.41, 5.74) is 2.25. The lowest BCUT2D eigenvalue weighted by Gasteiger charge is -1.62. The molecule has 0 spiro atoms. The van der Waals surface area contributed by atoms with E-state index in [1.807, 2.05) is 38.2 Å². The second-order valence-corrected chi connectivity index (χ2v) is 1.30. The molecule has 0 heteroatoms. The molecule has 0 aromatic carbocycles. The van der Waals surface area contributed by atoms with Gasteiger partial charge >= 0.3 is 0 Å². The molecule has 0 saturated heterocycles. The first-order chi connectivity index (χ1) is 4.33. The molecule has 50 valence electrons. The van der Waals surface area contributed by atoms with Gasteiger partial charge in [0.1, 0.15) is 0 Å². The van der Waals surface area contributed by atoms with Crippen LogP contribution in [0, 0.1) is 0 Å². The third-order valence-corrected chi connectivity index (χ3v) is 0.496. The quantitative estimate of drug-likeness (QED) is 0.370. The first-order valence-electron chi connectivity index (χ1n) is 2.86. The average molecular weight is 122 g/mol. The first-order valence-corrected chi connectivity index (χ1v) is 2.86. The van der Waals surface area contributed by atoms with Gasteiger partial charge in [-0.15, -0.1) is 5.73 Å². The second-order valence-electron chi connectivity index (χ2n) is 1.30. The summed E-state index contributed by atoms with van der Waals surface area (Å²) in [6, 6.07) is 0. The van der Waals surface area contributed by atoms with Crippen LogP contribution in [-0.2, 0) is 0 Å². The van der Waals surface area contributed by atoms with Crippen molar-refractivity contribution >= 4 is 0 Å². The zero-order valence-corrected chi connectivity index (χ0v) is 6.22. The Bertz CT molecular complexity index is 100. The van der Waals surface area contributed by atoms with Crippen molar-refractivity contribution in [3.05, 3.63) is 43.2 Å². The Morgan fingerprint density at radius 2 is 1.22 bits per heavy atom. The molecule has 0 aromatic rings. The van der Waals surface area contributed by atoms with Crippen LogP contribution in [0.4, 0.5) is 0 Å². The van der Waals surface area contributed by atoms with Gasteiger partial charge in [0.05, 0.1) is 0 Å². The highest BCUT2D eigenvalue weighted by Crippen LogP contribution is 1.71. The zero-order valence-electron chi connectivity index (χ0n) is 6.22. The van der Waals surface area contributed by atoms with Gasteiger partial charge < -0.3 is 0 Å². The predicted molar refractivity (Wildman–Crippen MR) is 44.4 cm³/mol. The highest BCUT2D eigenvalue weighted by atomic mass is 13.6. The van der Waals surface area contributed by atoms with Gasteiger partial charge in [-0.05, 0) is 13.8 Å². The van der Waals surface area contributed by atoms with E-state index < -0.39 is 0 Å². The Kier molecular flexibility index (Phi) is 19.1. The molecular formula is C9H14. The SMILES string of the molecule is C=C=C.CC=CC=CC. The van der Waals surface area contributed by atoms with Gasteiger partial charge in [0, 0.05) is 0 Å². The third-order valence-electron chi connectivity index (χ3n) is 0.496. The number of rotatable bonds is 1. The van der Waals surface area contributed by atoms with Crippen molar-refractivity contribution < 1.29 is 0 Å². The molecule has 0 fully saturated rings. The Morgan fingerprint density at radius 3 is 1.33 bits per heavy atom. The highest BCUT2D eigenvalue weighted by molar-refractivity contribution is 4.98. The van der Waals surface area contributed by atoms with Gasteiger partial charge in [-0.3, -0.25) is 0 Å². The standard InChI is InChI=1S/C6H10.C3H4/c1-3-5-6-4-2;1-3-2/h3-6H,1-2H3;1-2H2. The number of allylic oxidation sites excluding steroid dienone is 4. The lowest BCUT2D eigenvalue weighted by atomic mass is 10.5. The van der Waals surface area contributed by atoms with Crippen molar-refractivity contribution in [3.8, 4) is 0 Å². The van der Waals surface area contributed by atoms with Gasteiger partial charge in [-0.1, -0.05) is 37.5 Å². The minimum absolute atomic E-state index is 2.00. The van der Waals surface area contributed by atoms with Crippen molar-refractivity contribution in [1.82, 2.24) is 0 Å². The fourth-order valence-electron chi connectivity index (χ4n) is 0.222. The average Bonchev–Trinajstić information content (AvgIpc) is 1.86. The van der Waals surface area contributed by atoms with Crippen molar-refractivity contribution in [2.45, 2.75) is 13.8 Å². The minimum Gasteiger partial charge on any atom is -0.137 e. The maximum Gasteiger partial charge on any atom is -0.0467 e. The molecule has 0 atom stereocenters. The van der Waals surface area contributed by atoms with Crippen molar-refractivity contribution in [1.29, 1.82) is 0 Å². The van der Waals surface area contributed by atoms with E-state index in [0.717, 1.165) is 0 Å². The molecule has 0 aromatic heterocycles. The summed E-state index contributed by atoms with van der Waals surface area (Å²) in [5, 5.41) is 0. The lowest BCUT2D eigenvalue weighted by molar-refractivity contribution is 1.69. The van der Waals surface area contributed by atoms with Gasteiger partial charge in [0.25, 0.3) is 0 Å². The predicted octanol–water partition coefficient (Wildman–Crippen LogP) is 3.10. The molecular weight excluding hydrogens is 108 g/mol. The summed E-state index contributed by atoms with van der Waals surface area (Å²) in [7, 11) is 0. The van der Waals surface area contributed by atoms with Crippen LogP contribution in [0.5, 0.6) is 0 Å². The summed E-state index contributed by atoms with van der Waals surface area (Å²) in [6.07, 6.45) is 8.00. The molecule has 9 heavy (non-hydrogen) atoms. The maximum atomic E-state index is 3.12. The van der Waals surface area contributed by atoms with Crippen LogP contribution in [-0.4, -0.2) is 0 Å². The molecule has 0 rings (SSSR count). The Balaban J connectivity index is 0. The molecule has 0 unspecified atom stereocenters. The van der Waals surface area contributed by atoms with Crippen LogP contribution in [0.2, 0.25) is 0 Å². The Hall–Kier alpha value is -1.00. The van der Waals surface area contributed by atoms with E-state index >= 15 is 0 Å². The first kappa shape index (κ1) is 10.9. The molecule has 0 aliphatic heterocycles. The normalized spacial score (nSPS) is 8.67. The van der Waals surface area contributed by atoms with Crippen molar-refractivity contribution in [2.75, 3.05) is 0 Å². The molecule has 0 amide bonds. The van der Waals surface area contributed by atoms with Crippen LogP contribution in [0.25, 0.3) is 0 Å². The molecule has 0 aliphatic rings. The third kappa shape index (κ3) is 43.8. The molecule has 0 bridgehead atoms. The van der Waals surface area contributed by atoms with E-state index in [2.05, 4.69) is 18.9 Å². The van der Waals surface area contributed by atoms with E-state index in [-0.39, 0.29) is 0 Å². The second kappa shape index (κ2) is 15.8. The van der Waals surface area contributed by atoms with Crippen LogP contribution >= 0.6 is 0 Å². The Labute approximate surface area is 57.9 Å². The van der Waals surface area contributed by atoms with Crippen molar-refractivity contribution in [2.24, 2.45) is 0 Å². The largest absolute Gasteiger partial charge is 0.137 e. The summed E-state index contributed by atoms with van der Waals surface area (Å²) < 4.78 is 0. The minimum atomic E-state index is 2.00. The Morgan fingerprint density at radius 1 is 1.00 bits per heavy atom. The van der Waals surface area contributed by atoms with E-state index in [1.54, 1.807) is 0 Å². The summed E-state index contributed by atoms with van der Waals surface area (Å²) in [5.74, 6) is 0. The van der Waals surface area contributed by atoms with Crippen molar-refractivity contribution in [3.63, 3.8) is 0 Å². The highest BCUT2D eigenvalue weighted by Gasteiger charge is 1.48. The van der Waals surface area contributed by atoms with Crippen LogP contribution in [0.15, 0.2) is 43.2 Å². The maximum absolute atomic E-state index is 3.12. The monoisotopic (exact) mass is 122 g/mol. The smallest absolute Gasteiger partial charge is 0.0467 e. The van der Waals surface area contributed by atoms with Gasteiger partial charge in [-0.2, -0.15) is 0 Å². The molecule has 0 saturated carbocycles. The summed E-state index contributed by atoms with van der Waals surface area (Å²) in [4.78, 5) is 0. The fourth-order valence-corrected chi connectivity index (χ4v) is 0.222. The van der Waals surface area contributed by atoms with E-state index in [9.17, 15) is 0 Å². The zero-order chi connectivity index (χ0) is 7.54. The van der Waals surface area contributed by atoms with E-state index in [1.165, 1.54) is 0 Å². The molecule has 0 aliphatic carbocycles. The topological polar surface area (TPSA) is 0 Å². The van der Waals surface area contributed by atoms with Crippen LogP contribution < -0.4 is 0 Å².